The number of likely N-dealkylation sites (tertiary alicyclic amines) is 1. The zero-order chi connectivity index (χ0) is 14.8. The summed E-state index contributed by atoms with van der Waals surface area (Å²) in [7, 11) is -3.74. The number of rotatable bonds is 4. The smallest absolute Gasteiger partial charge is 0.243 e. The van der Waals surface area contributed by atoms with Crippen LogP contribution < -0.4 is 10.5 Å². The molecule has 0 aliphatic carbocycles. The van der Waals surface area contributed by atoms with Gasteiger partial charge in [-0.15, -0.1) is 0 Å². The molecule has 2 amide bonds. The Labute approximate surface area is 116 Å². The number of benzene rings is 1. The molecule has 7 nitrogen and oxygen atoms in total. The van der Waals surface area contributed by atoms with Gasteiger partial charge in [0, 0.05) is 18.7 Å². The van der Waals surface area contributed by atoms with E-state index in [1.54, 1.807) is 0 Å². The first-order valence-electron chi connectivity index (χ1n) is 6.07. The Bertz CT molecular complexity index is 625. The van der Waals surface area contributed by atoms with E-state index in [0.29, 0.717) is 18.7 Å². The molecule has 0 unspecified atom stereocenters. The van der Waals surface area contributed by atoms with Gasteiger partial charge in [-0.25, -0.2) is 13.6 Å². The molecule has 0 saturated carbocycles. The fourth-order valence-corrected chi connectivity index (χ4v) is 2.49. The van der Waals surface area contributed by atoms with Gasteiger partial charge in [0.25, 0.3) is 0 Å². The van der Waals surface area contributed by atoms with Crippen molar-refractivity contribution in [1.29, 1.82) is 0 Å². The molecule has 1 aromatic rings. The molecular formula is C12H15N3O4S. The van der Waals surface area contributed by atoms with Gasteiger partial charge in [-0.2, -0.15) is 0 Å². The third kappa shape index (κ3) is 3.55. The number of amides is 2. The van der Waals surface area contributed by atoms with Crippen LogP contribution in [0.1, 0.15) is 12.8 Å². The highest BCUT2D eigenvalue weighted by Gasteiger charge is 2.22. The van der Waals surface area contributed by atoms with Crippen molar-refractivity contribution in [3.63, 3.8) is 0 Å². The van der Waals surface area contributed by atoms with Crippen LogP contribution in [0.5, 0.6) is 0 Å². The van der Waals surface area contributed by atoms with E-state index in [2.05, 4.69) is 5.32 Å². The van der Waals surface area contributed by atoms with Crippen molar-refractivity contribution in [2.75, 3.05) is 18.4 Å². The van der Waals surface area contributed by atoms with Gasteiger partial charge in [0.1, 0.15) is 0 Å². The molecule has 2 rings (SSSR count). The van der Waals surface area contributed by atoms with Gasteiger partial charge in [0.2, 0.25) is 21.8 Å². The number of nitrogens with zero attached hydrogens (tertiary/aromatic N) is 1. The highest BCUT2D eigenvalue weighted by Crippen LogP contribution is 2.13. The SMILES string of the molecule is NS(=O)(=O)c1ccc(NC(=O)CN2CCCC2=O)cc1. The first-order valence-corrected chi connectivity index (χ1v) is 7.61. The predicted molar refractivity (Wildman–Crippen MR) is 72.3 cm³/mol. The Morgan fingerprint density at radius 3 is 2.45 bits per heavy atom. The van der Waals surface area contributed by atoms with Crippen LogP contribution in [0.15, 0.2) is 29.2 Å². The van der Waals surface area contributed by atoms with Gasteiger partial charge >= 0.3 is 0 Å². The van der Waals surface area contributed by atoms with E-state index in [1.807, 2.05) is 0 Å². The zero-order valence-electron chi connectivity index (χ0n) is 10.7. The average Bonchev–Trinajstić information content (AvgIpc) is 2.74. The summed E-state index contributed by atoms with van der Waals surface area (Å²) in [6, 6.07) is 5.52. The maximum absolute atomic E-state index is 11.7. The van der Waals surface area contributed by atoms with Crippen molar-refractivity contribution >= 4 is 27.5 Å². The van der Waals surface area contributed by atoms with Crippen LogP contribution in [0.4, 0.5) is 5.69 Å². The third-order valence-electron chi connectivity index (χ3n) is 2.97. The van der Waals surface area contributed by atoms with Crippen molar-refractivity contribution < 1.29 is 18.0 Å². The van der Waals surface area contributed by atoms with Crippen LogP contribution in [-0.2, 0) is 19.6 Å². The predicted octanol–water partition coefficient (Wildman–Crippen LogP) is -0.105. The highest BCUT2D eigenvalue weighted by molar-refractivity contribution is 7.89. The van der Waals surface area contributed by atoms with E-state index < -0.39 is 10.0 Å². The summed E-state index contributed by atoms with van der Waals surface area (Å²) in [5.41, 5.74) is 0.453. The summed E-state index contributed by atoms with van der Waals surface area (Å²) >= 11 is 0. The molecule has 0 atom stereocenters. The van der Waals surface area contributed by atoms with E-state index in [9.17, 15) is 18.0 Å². The number of primary sulfonamides is 1. The number of hydrogen-bond donors (Lipinski definition) is 2. The molecule has 1 fully saturated rings. The Hall–Kier alpha value is -1.93. The summed E-state index contributed by atoms with van der Waals surface area (Å²) in [4.78, 5) is 24.6. The van der Waals surface area contributed by atoms with Gasteiger partial charge in [-0.05, 0) is 30.7 Å². The van der Waals surface area contributed by atoms with Gasteiger partial charge in [-0.1, -0.05) is 0 Å². The molecule has 0 spiro atoms. The van der Waals surface area contributed by atoms with E-state index in [4.69, 9.17) is 5.14 Å². The van der Waals surface area contributed by atoms with Crippen LogP contribution >= 0.6 is 0 Å². The molecule has 3 N–H and O–H groups in total. The summed E-state index contributed by atoms with van der Waals surface area (Å²) in [5.74, 6) is -0.340. The molecule has 1 saturated heterocycles. The van der Waals surface area contributed by atoms with Gasteiger partial charge in [0.05, 0.1) is 11.4 Å². The van der Waals surface area contributed by atoms with Crippen LogP contribution in [-0.4, -0.2) is 38.2 Å². The standard InChI is InChI=1S/C12H15N3O4S/c13-20(18,19)10-5-3-9(4-6-10)14-11(16)8-15-7-1-2-12(15)17/h3-6H,1-2,7-8H2,(H,14,16)(H2,13,18,19). The number of nitrogens with two attached hydrogens (primary N) is 1. The lowest BCUT2D eigenvalue weighted by atomic mass is 10.3. The Morgan fingerprint density at radius 1 is 1.30 bits per heavy atom. The largest absolute Gasteiger partial charge is 0.333 e. The van der Waals surface area contributed by atoms with Crippen molar-refractivity contribution in [2.45, 2.75) is 17.7 Å². The number of sulfonamides is 1. The molecule has 1 aliphatic rings. The average molecular weight is 297 g/mol. The monoisotopic (exact) mass is 297 g/mol. The normalized spacial score (nSPS) is 15.4. The van der Waals surface area contributed by atoms with Gasteiger partial charge in [0.15, 0.2) is 0 Å². The molecule has 0 aromatic heterocycles. The molecule has 1 aliphatic heterocycles. The molecule has 1 aromatic carbocycles. The fourth-order valence-electron chi connectivity index (χ4n) is 1.97. The number of anilines is 1. The first-order chi connectivity index (χ1) is 9.36. The number of hydrogen-bond acceptors (Lipinski definition) is 4. The minimum absolute atomic E-state index is 0.00969. The minimum Gasteiger partial charge on any atom is -0.333 e. The van der Waals surface area contributed by atoms with Gasteiger partial charge < -0.3 is 10.2 Å². The fraction of sp³-hybridized carbons (Fsp3) is 0.333. The number of carbonyl (C=O) groups is 2. The quantitative estimate of drug-likeness (QED) is 0.808. The summed E-state index contributed by atoms with van der Waals surface area (Å²) in [5, 5.41) is 7.57. The van der Waals surface area contributed by atoms with Crippen molar-refractivity contribution in [1.82, 2.24) is 4.90 Å². The lowest BCUT2D eigenvalue weighted by Crippen LogP contribution is -2.33. The Kier molecular flexibility index (Phi) is 4.05. The van der Waals surface area contributed by atoms with Crippen LogP contribution in [0.2, 0.25) is 0 Å². The molecule has 0 bridgehead atoms. The van der Waals surface area contributed by atoms with Crippen LogP contribution in [0, 0.1) is 0 Å². The lowest BCUT2D eigenvalue weighted by Gasteiger charge is -2.15. The Balaban J connectivity index is 1.96. The maximum Gasteiger partial charge on any atom is 0.243 e. The zero-order valence-corrected chi connectivity index (χ0v) is 11.5. The molecule has 108 valence electrons. The van der Waals surface area contributed by atoms with E-state index >= 15 is 0 Å². The second-order valence-electron chi connectivity index (χ2n) is 4.54. The third-order valence-corrected chi connectivity index (χ3v) is 3.90. The second kappa shape index (κ2) is 5.59. The lowest BCUT2D eigenvalue weighted by molar-refractivity contribution is -0.131. The van der Waals surface area contributed by atoms with Crippen LogP contribution in [0.25, 0.3) is 0 Å². The van der Waals surface area contributed by atoms with Crippen molar-refractivity contribution in [3.8, 4) is 0 Å². The number of carbonyl (C=O) groups excluding carboxylic acids is 2. The Morgan fingerprint density at radius 2 is 1.95 bits per heavy atom. The molecule has 20 heavy (non-hydrogen) atoms. The summed E-state index contributed by atoms with van der Waals surface area (Å²) in [6.07, 6.45) is 1.26. The van der Waals surface area contributed by atoms with Crippen molar-refractivity contribution in [2.24, 2.45) is 5.14 Å². The van der Waals surface area contributed by atoms with Crippen molar-refractivity contribution in [3.05, 3.63) is 24.3 Å². The van der Waals surface area contributed by atoms with E-state index in [-0.39, 0.29) is 23.3 Å². The highest BCUT2D eigenvalue weighted by atomic mass is 32.2. The van der Waals surface area contributed by atoms with Crippen LogP contribution in [0.3, 0.4) is 0 Å². The van der Waals surface area contributed by atoms with Gasteiger partial charge in [-0.3, -0.25) is 9.59 Å². The molecule has 8 heteroatoms. The molecule has 1 heterocycles. The minimum atomic E-state index is -3.74. The molecular weight excluding hydrogens is 282 g/mol. The summed E-state index contributed by atoms with van der Waals surface area (Å²) < 4.78 is 22.2. The molecule has 0 radical (unpaired) electrons. The van der Waals surface area contributed by atoms with E-state index in [0.717, 1.165) is 6.42 Å². The number of nitrogens with one attached hydrogen (secondary N) is 1. The second-order valence-corrected chi connectivity index (χ2v) is 6.10. The summed E-state index contributed by atoms with van der Waals surface area (Å²) in [6.45, 7) is 0.604. The topological polar surface area (TPSA) is 110 Å². The maximum atomic E-state index is 11.7. The first kappa shape index (κ1) is 14.5. The van der Waals surface area contributed by atoms with E-state index in [1.165, 1.54) is 29.2 Å².